The lowest BCUT2D eigenvalue weighted by molar-refractivity contribution is -0.117. The Bertz CT molecular complexity index is 620. The van der Waals surface area contributed by atoms with Crippen molar-refractivity contribution in [3.05, 3.63) is 42.7 Å². The fourth-order valence-corrected chi connectivity index (χ4v) is 2.50. The molecule has 0 atom stereocenters. The molecule has 1 amide bonds. The average molecular weight is 267 g/mol. The Hall–Kier alpha value is -2.23. The van der Waals surface area contributed by atoms with E-state index in [2.05, 4.69) is 23.8 Å². The molecule has 0 saturated carbocycles. The summed E-state index contributed by atoms with van der Waals surface area (Å²) in [6.45, 7) is 4.85. The quantitative estimate of drug-likeness (QED) is 0.840. The highest BCUT2D eigenvalue weighted by atomic mass is 16.2. The minimum absolute atomic E-state index is 0.00144. The minimum Gasteiger partial charge on any atom is -0.280 e. The summed E-state index contributed by atoms with van der Waals surface area (Å²) in [5, 5.41) is 0. The predicted molar refractivity (Wildman–Crippen MR) is 78.2 cm³/mol. The van der Waals surface area contributed by atoms with E-state index in [1.165, 1.54) is 0 Å². The van der Waals surface area contributed by atoms with Gasteiger partial charge in [0, 0.05) is 30.9 Å². The van der Waals surface area contributed by atoms with Crippen LogP contribution in [0, 0.1) is 5.41 Å². The van der Waals surface area contributed by atoms with E-state index in [1.54, 1.807) is 17.3 Å². The standard InChI is InChI=1S/C16H17N3O/c1-16(2)8-14(20)19(11-16)15-17-9-13(10-18-15)12-6-4-3-5-7-12/h3-7,9-10H,8,11H2,1-2H3. The van der Waals surface area contributed by atoms with E-state index in [0.717, 1.165) is 11.1 Å². The molecular weight excluding hydrogens is 250 g/mol. The first kappa shape index (κ1) is 12.8. The normalized spacial score (nSPS) is 17.5. The van der Waals surface area contributed by atoms with Gasteiger partial charge in [-0.05, 0) is 11.0 Å². The molecule has 1 saturated heterocycles. The molecule has 0 radical (unpaired) electrons. The molecule has 3 rings (SSSR count). The lowest BCUT2D eigenvalue weighted by Crippen LogP contribution is -2.27. The summed E-state index contributed by atoms with van der Waals surface area (Å²) in [7, 11) is 0. The van der Waals surface area contributed by atoms with Gasteiger partial charge in [-0.15, -0.1) is 0 Å². The van der Waals surface area contributed by atoms with E-state index in [4.69, 9.17) is 0 Å². The van der Waals surface area contributed by atoms with Crippen molar-refractivity contribution >= 4 is 11.9 Å². The van der Waals surface area contributed by atoms with Crippen LogP contribution in [-0.4, -0.2) is 22.4 Å². The first-order valence-electron chi connectivity index (χ1n) is 6.73. The molecule has 102 valence electrons. The van der Waals surface area contributed by atoms with Crippen LogP contribution in [0.1, 0.15) is 20.3 Å². The van der Waals surface area contributed by atoms with Gasteiger partial charge in [0.1, 0.15) is 0 Å². The maximum atomic E-state index is 12.0. The first-order valence-corrected chi connectivity index (χ1v) is 6.73. The Morgan fingerprint density at radius 3 is 2.25 bits per heavy atom. The highest BCUT2D eigenvalue weighted by Gasteiger charge is 2.37. The maximum Gasteiger partial charge on any atom is 0.232 e. The van der Waals surface area contributed by atoms with E-state index in [-0.39, 0.29) is 11.3 Å². The topological polar surface area (TPSA) is 46.1 Å². The van der Waals surface area contributed by atoms with Gasteiger partial charge < -0.3 is 0 Å². The number of carbonyl (C=O) groups is 1. The predicted octanol–water partition coefficient (Wildman–Crippen LogP) is 2.91. The lowest BCUT2D eigenvalue weighted by Gasteiger charge is -2.17. The molecular formula is C16H17N3O. The Morgan fingerprint density at radius 1 is 1.05 bits per heavy atom. The van der Waals surface area contributed by atoms with E-state index < -0.39 is 0 Å². The van der Waals surface area contributed by atoms with Crippen LogP contribution in [0.15, 0.2) is 42.7 Å². The summed E-state index contributed by atoms with van der Waals surface area (Å²) in [5.74, 6) is 0.600. The third-order valence-electron chi connectivity index (χ3n) is 3.50. The largest absolute Gasteiger partial charge is 0.280 e. The Balaban J connectivity index is 1.86. The number of aromatic nitrogens is 2. The molecule has 2 aromatic rings. The molecule has 0 spiro atoms. The summed E-state index contributed by atoms with van der Waals surface area (Å²) < 4.78 is 0. The zero-order valence-corrected chi connectivity index (χ0v) is 11.7. The first-order chi connectivity index (χ1) is 9.55. The third kappa shape index (κ3) is 2.41. The molecule has 1 aliphatic heterocycles. The monoisotopic (exact) mass is 267 g/mol. The van der Waals surface area contributed by atoms with Crippen molar-refractivity contribution in [3.63, 3.8) is 0 Å². The number of nitrogens with zero attached hydrogens (tertiary/aromatic N) is 3. The van der Waals surface area contributed by atoms with Crippen LogP contribution in [0.25, 0.3) is 11.1 Å². The van der Waals surface area contributed by atoms with Gasteiger partial charge in [-0.1, -0.05) is 44.2 Å². The molecule has 1 aliphatic rings. The van der Waals surface area contributed by atoms with E-state index in [9.17, 15) is 4.79 Å². The molecule has 0 unspecified atom stereocenters. The van der Waals surface area contributed by atoms with E-state index in [0.29, 0.717) is 18.9 Å². The zero-order valence-electron chi connectivity index (χ0n) is 11.7. The second-order valence-electron chi connectivity index (χ2n) is 5.96. The minimum atomic E-state index is -0.00144. The van der Waals surface area contributed by atoms with Crippen LogP contribution in [0.4, 0.5) is 5.95 Å². The number of hydrogen-bond acceptors (Lipinski definition) is 3. The molecule has 2 heterocycles. The molecule has 1 aromatic carbocycles. The molecule has 20 heavy (non-hydrogen) atoms. The van der Waals surface area contributed by atoms with Crippen molar-refractivity contribution in [2.45, 2.75) is 20.3 Å². The average Bonchev–Trinajstić information content (AvgIpc) is 2.73. The highest BCUT2D eigenvalue weighted by molar-refractivity contribution is 5.94. The van der Waals surface area contributed by atoms with Gasteiger partial charge in [-0.3, -0.25) is 9.69 Å². The Morgan fingerprint density at radius 2 is 1.70 bits per heavy atom. The molecule has 1 fully saturated rings. The van der Waals surface area contributed by atoms with Gasteiger partial charge in [-0.25, -0.2) is 9.97 Å². The number of rotatable bonds is 2. The van der Waals surface area contributed by atoms with Crippen LogP contribution in [0.3, 0.4) is 0 Å². The van der Waals surface area contributed by atoms with Gasteiger partial charge >= 0.3 is 0 Å². The van der Waals surface area contributed by atoms with Crippen LogP contribution in [-0.2, 0) is 4.79 Å². The van der Waals surface area contributed by atoms with Gasteiger partial charge in [0.05, 0.1) is 0 Å². The Kier molecular flexibility index (Phi) is 3.01. The molecule has 4 nitrogen and oxygen atoms in total. The summed E-state index contributed by atoms with van der Waals surface area (Å²) in [4.78, 5) is 22.4. The SMILES string of the molecule is CC1(C)CC(=O)N(c2ncc(-c3ccccc3)cn2)C1. The Labute approximate surface area is 118 Å². The van der Waals surface area contributed by atoms with Gasteiger partial charge in [0.15, 0.2) is 0 Å². The van der Waals surface area contributed by atoms with Crippen molar-refractivity contribution in [2.75, 3.05) is 11.4 Å². The molecule has 4 heteroatoms. The van der Waals surface area contributed by atoms with Crippen molar-refractivity contribution in [1.82, 2.24) is 9.97 Å². The number of hydrogen-bond donors (Lipinski definition) is 0. The molecule has 0 bridgehead atoms. The highest BCUT2D eigenvalue weighted by Crippen LogP contribution is 2.32. The van der Waals surface area contributed by atoms with Crippen LogP contribution in [0.5, 0.6) is 0 Å². The summed E-state index contributed by atoms with van der Waals surface area (Å²) >= 11 is 0. The van der Waals surface area contributed by atoms with Gasteiger partial charge in [0.25, 0.3) is 0 Å². The van der Waals surface area contributed by atoms with E-state index >= 15 is 0 Å². The molecule has 0 aliphatic carbocycles. The number of carbonyl (C=O) groups excluding carboxylic acids is 1. The maximum absolute atomic E-state index is 12.0. The summed E-state index contributed by atoms with van der Waals surface area (Å²) in [5.41, 5.74) is 2.03. The van der Waals surface area contributed by atoms with E-state index in [1.807, 2.05) is 30.3 Å². The van der Waals surface area contributed by atoms with Crippen LogP contribution in [0.2, 0.25) is 0 Å². The molecule has 1 aromatic heterocycles. The number of benzene rings is 1. The molecule has 0 N–H and O–H groups in total. The second-order valence-corrected chi connectivity index (χ2v) is 5.96. The lowest BCUT2D eigenvalue weighted by atomic mass is 9.93. The number of amides is 1. The van der Waals surface area contributed by atoms with Crippen molar-refractivity contribution in [3.8, 4) is 11.1 Å². The smallest absolute Gasteiger partial charge is 0.232 e. The second kappa shape index (κ2) is 4.71. The summed E-state index contributed by atoms with van der Waals surface area (Å²) in [6, 6.07) is 9.97. The van der Waals surface area contributed by atoms with Crippen molar-refractivity contribution in [1.29, 1.82) is 0 Å². The van der Waals surface area contributed by atoms with Crippen LogP contribution >= 0.6 is 0 Å². The summed E-state index contributed by atoms with van der Waals surface area (Å²) in [6.07, 6.45) is 4.10. The van der Waals surface area contributed by atoms with Crippen LogP contribution < -0.4 is 4.90 Å². The van der Waals surface area contributed by atoms with Crippen molar-refractivity contribution < 1.29 is 4.79 Å². The fourth-order valence-electron chi connectivity index (χ4n) is 2.50. The van der Waals surface area contributed by atoms with Gasteiger partial charge in [-0.2, -0.15) is 0 Å². The van der Waals surface area contributed by atoms with Crippen molar-refractivity contribution in [2.24, 2.45) is 5.41 Å². The zero-order chi connectivity index (χ0) is 14.2. The fraction of sp³-hybridized carbons (Fsp3) is 0.312. The third-order valence-corrected chi connectivity index (χ3v) is 3.50. The van der Waals surface area contributed by atoms with Gasteiger partial charge in [0.2, 0.25) is 11.9 Å². The number of anilines is 1.